The highest BCUT2D eigenvalue weighted by Gasteiger charge is 2.54. The Morgan fingerprint density at radius 3 is 2.52 bits per heavy atom. The van der Waals surface area contributed by atoms with Crippen LogP contribution in [-0.4, -0.2) is 49.2 Å². The largest absolute Gasteiger partial charge is 0.508 e. The summed E-state index contributed by atoms with van der Waals surface area (Å²) in [5.41, 5.74) is 4.10. The molecule has 3 rings (SSSR count). The van der Waals surface area contributed by atoms with Gasteiger partial charge in [-0.3, -0.25) is 4.79 Å². The Balaban J connectivity index is 2.24. The van der Waals surface area contributed by atoms with E-state index in [1.54, 1.807) is 0 Å². The van der Waals surface area contributed by atoms with Crippen molar-refractivity contribution < 1.29 is 35.1 Å². The number of ether oxygens (including phenoxy) is 1. The summed E-state index contributed by atoms with van der Waals surface area (Å²) in [6.45, 7) is 0. The van der Waals surface area contributed by atoms with Crippen molar-refractivity contribution in [1.29, 1.82) is 0 Å². The number of rotatable bonds is 4. The lowest BCUT2D eigenvalue weighted by Crippen LogP contribution is -2.59. The fourth-order valence-corrected chi connectivity index (χ4v) is 3.38. The molecule has 0 saturated carbocycles. The second-order valence-electron chi connectivity index (χ2n) is 6.36. The van der Waals surface area contributed by atoms with Crippen molar-refractivity contribution >= 4 is 18.4 Å². The van der Waals surface area contributed by atoms with E-state index in [9.17, 15) is 30.3 Å². The van der Waals surface area contributed by atoms with Gasteiger partial charge >= 0.3 is 0 Å². The van der Waals surface area contributed by atoms with Crippen LogP contribution in [0, 0.1) is 0 Å². The van der Waals surface area contributed by atoms with Crippen LogP contribution in [-0.2, 0) is 16.8 Å². The number of Topliss-reactive ketones (excluding diaryl/α,β-unsaturated/α-hetero) is 1. The van der Waals surface area contributed by atoms with E-state index in [1.807, 2.05) is 0 Å². The monoisotopic (exact) mass is 393 g/mol. The third-order valence-corrected chi connectivity index (χ3v) is 5.01. The van der Waals surface area contributed by atoms with Gasteiger partial charge in [0.25, 0.3) is 0 Å². The summed E-state index contributed by atoms with van der Waals surface area (Å²) in [4.78, 5) is 13.1. The number of aliphatic hydroxyl groups excluding tert-OH is 1. The van der Waals surface area contributed by atoms with Gasteiger partial charge in [-0.25, -0.2) is 0 Å². The summed E-state index contributed by atoms with van der Waals surface area (Å²) in [7, 11) is 0. The highest BCUT2D eigenvalue weighted by molar-refractivity contribution is 7.80. The lowest BCUT2D eigenvalue weighted by Gasteiger charge is -2.42. The number of nitrogens with two attached hydrogens (primary N) is 1. The predicted octanol–water partition coefficient (Wildman–Crippen LogP) is 0.526. The van der Waals surface area contributed by atoms with Gasteiger partial charge < -0.3 is 36.0 Å². The zero-order valence-corrected chi connectivity index (χ0v) is 14.9. The van der Waals surface area contributed by atoms with Crippen molar-refractivity contribution in [2.45, 2.75) is 24.2 Å². The van der Waals surface area contributed by atoms with Crippen LogP contribution in [0.4, 0.5) is 0 Å². The second-order valence-corrected chi connectivity index (χ2v) is 6.72. The minimum atomic E-state index is -2.03. The molecule has 2 unspecified atom stereocenters. The van der Waals surface area contributed by atoms with Gasteiger partial charge in [-0.15, -0.1) is 0 Å². The van der Waals surface area contributed by atoms with Crippen LogP contribution in [0.25, 0.3) is 0 Å². The molecule has 8 nitrogen and oxygen atoms in total. The quantitative estimate of drug-likeness (QED) is 0.293. The Morgan fingerprint density at radius 2 is 1.89 bits per heavy atom. The molecule has 2 aromatic carbocycles. The number of thiol groups is 1. The molecule has 0 aromatic heterocycles. The number of phenolic OH excluding ortho intramolecular Hbond substituents is 4. The number of carbonyl (C=O) groups is 1. The van der Waals surface area contributed by atoms with E-state index in [-0.39, 0.29) is 40.5 Å². The van der Waals surface area contributed by atoms with Crippen molar-refractivity contribution in [1.82, 2.24) is 0 Å². The first-order chi connectivity index (χ1) is 12.7. The van der Waals surface area contributed by atoms with E-state index >= 15 is 0 Å². The maximum Gasteiger partial charge on any atom is 0.219 e. The molecule has 144 valence electrons. The molecule has 7 N–H and O–H groups in total. The number of aliphatic hydroxyl groups is 1. The number of phenols is 4. The topological polar surface area (TPSA) is 153 Å². The van der Waals surface area contributed by atoms with E-state index in [0.717, 1.165) is 18.2 Å². The van der Waals surface area contributed by atoms with Gasteiger partial charge in [0.1, 0.15) is 23.4 Å². The maximum absolute atomic E-state index is 13.1. The standard InChI is InChI=1S/C18H19NO7S/c19-11(7-27)17(25)18(8-1-2-12(21)14(23)3-8)16(24)6-10-13(22)4-9(20)5-15(10)26-18/h1-5,11,16,20-24,27H,6-7,19H2/t11-,16?,18?/m0/s1. The molecule has 3 atom stereocenters. The van der Waals surface area contributed by atoms with Gasteiger partial charge in [-0.05, 0) is 12.1 Å². The first-order valence-electron chi connectivity index (χ1n) is 8.05. The zero-order valence-electron chi connectivity index (χ0n) is 14.0. The molecule has 0 fully saturated rings. The van der Waals surface area contributed by atoms with Gasteiger partial charge in [-0.1, -0.05) is 6.07 Å². The van der Waals surface area contributed by atoms with Gasteiger partial charge in [0.15, 0.2) is 11.5 Å². The first kappa shape index (κ1) is 19.2. The fourth-order valence-electron chi connectivity index (χ4n) is 3.21. The Morgan fingerprint density at radius 1 is 1.19 bits per heavy atom. The number of fused-ring (bicyclic) bond motifs is 1. The third-order valence-electron chi connectivity index (χ3n) is 4.61. The average Bonchev–Trinajstić information content (AvgIpc) is 2.63. The Labute approximate surface area is 159 Å². The van der Waals surface area contributed by atoms with Gasteiger partial charge in [0, 0.05) is 35.4 Å². The maximum atomic E-state index is 13.1. The van der Waals surface area contributed by atoms with Crippen LogP contribution >= 0.6 is 12.6 Å². The third kappa shape index (κ3) is 3.03. The highest BCUT2D eigenvalue weighted by Crippen LogP contribution is 2.46. The molecule has 9 heteroatoms. The predicted molar refractivity (Wildman–Crippen MR) is 98.4 cm³/mol. The van der Waals surface area contributed by atoms with Crippen LogP contribution in [0.1, 0.15) is 11.1 Å². The lowest BCUT2D eigenvalue weighted by molar-refractivity contribution is -0.150. The Bertz CT molecular complexity index is 904. The summed E-state index contributed by atoms with van der Waals surface area (Å²) in [5.74, 6) is -2.26. The van der Waals surface area contributed by atoms with Crippen LogP contribution in [0.5, 0.6) is 28.7 Å². The summed E-state index contributed by atoms with van der Waals surface area (Å²) in [5, 5.41) is 50.1. The van der Waals surface area contributed by atoms with Gasteiger partial charge in [0.2, 0.25) is 11.4 Å². The molecule has 0 saturated heterocycles. The van der Waals surface area contributed by atoms with Gasteiger partial charge in [-0.2, -0.15) is 12.6 Å². The Hall–Kier alpha value is -2.62. The lowest BCUT2D eigenvalue weighted by atomic mass is 9.77. The summed E-state index contributed by atoms with van der Waals surface area (Å²) < 4.78 is 5.83. The average molecular weight is 393 g/mol. The smallest absolute Gasteiger partial charge is 0.219 e. The molecular formula is C18H19NO7S. The Kier molecular flexibility index (Phi) is 4.85. The molecule has 1 heterocycles. The minimum absolute atomic E-state index is 0.00919. The molecule has 1 aliphatic heterocycles. The molecule has 1 aliphatic rings. The molecule has 0 radical (unpaired) electrons. The normalized spacial score (nSPS) is 22.6. The summed E-state index contributed by atoms with van der Waals surface area (Å²) >= 11 is 4.03. The molecule has 0 spiro atoms. The first-order valence-corrected chi connectivity index (χ1v) is 8.69. The van der Waals surface area contributed by atoms with Crippen molar-refractivity contribution in [2.75, 3.05) is 5.75 Å². The molecule has 27 heavy (non-hydrogen) atoms. The number of benzene rings is 2. The molecule has 0 aliphatic carbocycles. The highest BCUT2D eigenvalue weighted by atomic mass is 32.1. The van der Waals surface area contributed by atoms with Crippen molar-refractivity contribution in [3.05, 3.63) is 41.5 Å². The van der Waals surface area contributed by atoms with Crippen LogP contribution in [0.3, 0.4) is 0 Å². The summed E-state index contributed by atoms with van der Waals surface area (Å²) in [6, 6.07) is 4.75. The van der Waals surface area contributed by atoms with Crippen molar-refractivity contribution in [3.8, 4) is 28.7 Å². The second kappa shape index (κ2) is 6.84. The fraction of sp³-hybridized carbons (Fsp3) is 0.278. The number of hydrogen-bond acceptors (Lipinski definition) is 9. The molecule has 2 aromatic rings. The van der Waals surface area contributed by atoms with E-state index in [0.29, 0.717) is 0 Å². The van der Waals surface area contributed by atoms with Crippen molar-refractivity contribution in [2.24, 2.45) is 5.73 Å². The van der Waals surface area contributed by atoms with Gasteiger partial charge in [0.05, 0.1) is 6.04 Å². The number of carbonyl (C=O) groups excluding carboxylic acids is 1. The summed E-state index contributed by atoms with van der Waals surface area (Å²) in [6.07, 6.45) is -1.64. The molecule has 0 bridgehead atoms. The SMILES string of the molecule is N[C@@H](CS)C(=O)C1(c2ccc(O)c(O)c2)Oc2cc(O)cc(O)c2CC1O. The van der Waals surface area contributed by atoms with Crippen LogP contribution < -0.4 is 10.5 Å². The number of hydrogen-bond donors (Lipinski definition) is 7. The van der Waals surface area contributed by atoms with E-state index in [1.165, 1.54) is 12.1 Å². The van der Waals surface area contributed by atoms with E-state index < -0.39 is 35.0 Å². The van der Waals surface area contributed by atoms with E-state index in [4.69, 9.17) is 10.5 Å². The molecule has 0 amide bonds. The molecular weight excluding hydrogens is 374 g/mol. The number of aromatic hydroxyl groups is 4. The zero-order chi connectivity index (χ0) is 19.9. The van der Waals surface area contributed by atoms with Crippen LogP contribution in [0.2, 0.25) is 0 Å². The number of ketones is 1. The van der Waals surface area contributed by atoms with Crippen molar-refractivity contribution in [3.63, 3.8) is 0 Å². The van der Waals surface area contributed by atoms with Crippen LogP contribution in [0.15, 0.2) is 30.3 Å². The minimum Gasteiger partial charge on any atom is -0.508 e. The van der Waals surface area contributed by atoms with E-state index in [2.05, 4.69) is 12.6 Å².